The summed E-state index contributed by atoms with van der Waals surface area (Å²) in [6.07, 6.45) is 0.256. The van der Waals surface area contributed by atoms with Gasteiger partial charge in [0.1, 0.15) is 0 Å². The monoisotopic (exact) mass is 292 g/mol. The second-order valence-corrected chi connectivity index (χ2v) is 5.18. The molecule has 114 valence electrons. The van der Waals surface area contributed by atoms with E-state index in [9.17, 15) is 9.59 Å². The molecule has 6 nitrogen and oxygen atoms in total. The predicted molar refractivity (Wildman–Crippen MR) is 78.5 cm³/mol. The third-order valence-corrected chi connectivity index (χ3v) is 3.06. The number of rotatable bonds is 5. The van der Waals surface area contributed by atoms with Gasteiger partial charge >= 0.3 is 0 Å². The Morgan fingerprint density at radius 1 is 1.29 bits per heavy atom. The average Bonchev–Trinajstić information content (AvgIpc) is 2.85. The number of benzene rings is 1. The van der Waals surface area contributed by atoms with E-state index >= 15 is 0 Å². The van der Waals surface area contributed by atoms with Crippen LogP contribution in [0.15, 0.2) is 18.2 Å². The van der Waals surface area contributed by atoms with Crippen LogP contribution < -0.4 is 19.7 Å². The fraction of sp³-hybridized carbons (Fsp3) is 0.467. The Kier molecular flexibility index (Phi) is 4.67. The minimum Gasteiger partial charge on any atom is -0.454 e. The summed E-state index contributed by atoms with van der Waals surface area (Å²) in [6.45, 7) is 5.80. The number of ether oxygens (including phenoxy) is 2. The van der Waals surface area contributed by atoms with Crippen LogP contribution in [0.25, 0.3) is 0 Å². The molecule has 2 rings (SSSR count). The van der Waals surface area contributed by atoms with Crippen molar-refractivity contribution in [1.29, 1.82) is 0 Å². The number of amides is 2. The number of carbonyl (C=O) groups is 2. The highest BCUT2D eigenvalue weighted by molar-refractivity contribution is 5.92. The van der Waals surface area contributed by atoms with E-state index in [0.717, 1.165) is 0 Å². The van der Waals surface area contributed by atoms with Gasteiger partial charge in [-0.15, -0.1) is 0 Å². The van der Waals surface area contributed by atoms with Crippen LogP contribution in [0.5, 0.6) is 11.5 Å². The minimum atomic E-state index is -0.119. The van der Waals surface area contributed by atoms with Gasteiger partial charge in [-0.2, -0.15) is 0 Å². The Bertz CT molecular complexity index is 542. The number of fused-ring (bicyclic) bond motifs is 1. The molecule has 1 aliphatic heterocycles. The zero-order valence-electron chi connectivity index (χ0n) is 12.5. The smallest absolute Gasteiger partial charge is 0.231 e. The molecule has 1 N–H and O–H groups in total. The zero-order valence-corrected chi connectivity index (χ0v) is 12.5. The van der Waals surface area contributed by atoms with Crippen molar-refractivity contribution < 1.29 is 19.1 Å². The normalized spacial score (nSPS) is 12.4. The summed E-state index contributed by atoms with van der Waals surface area (Å²) in [6, 6.07) is 5.40. The molecule has 0 fully saturated rings. The first-order valence-electron chi connectivity index (χ1n) is 6.94. The zero-order chi connectivity index (χ0) is 15.4. The lowest BCUT2D eigenvalue weighted by Gasteiger charge is -2.21. The third kappa shape index (κ3) is 3.87. The highest BCUT2D eigenvalue weighted by atomic mass is 16.7. The van der Waals surface area contributed by atoms with E-state index in [-0.39, 0.29) is 31.1 Å². The van der Waals surface area contributed by atoms with Gasteiger partial charge in [0.25, 0.3) is 0 Å². The topological polar surface area (TPSA) is 67.9 Å². The van der Waals surface area contributed by atoms with Crippen LogP contribution in [0.2, 0.25) is 0 Å². The standard InChI is InChI=1S/C15H20N2O4/c1-10(2)16-15(19)6-7-17(11(3)18)12-4-5-13-14(8-12)21-9-20-13/h4-5,8,10H,6-7,9H2,1-3H3,(H,16,19). The molecule has 0 saturated heterocycles. The first-order chi connectivity index (χ1) is 9.97. The Balaban J connectivity index is 2.05. The van der Waals surface area contributed by atoms with Crippen LogP contribution in [-0.2, 0) is 9.59 Å². The van der Waals surface area contributed by atoms with E-state index in [1.807, 2.05) is 13.8 Å². The summed E-state index contributed by atoms with van der Waals surface area (Å²) >= 11 is 0. The SMILES string of the molecule is CC(=O)N(CCC(=O)NC(C)C)c1ccc2c(c1)OCO2. The van der Waals surface area contributed by atoms with E-state index < -0.39 is 0 Å². The maximum absolute atomic E-state index is 11.8. The Morgan fingerprint density at radius 3 is 2.67 bits per heavy atom. The van der Waals surface area contributed by atoms with Crippen molar-refractivity contribution in [2.75, 3.05) is 18.2 Å². The summed E-state index contributed by atoms with van der Waals surface area (Å²) in [5, 5.41) is 2.81. The van der Waals surface area contributed by atoms with Crippen molar-refractivity contribution >= 4 is 17.5 Å². The number of anilines is 1. The van der Waals surface area contributed by atoms with Crippen molar-refractivity contribution in [1.82, 2.24) is 5.32 Å². The molecule has 0 radical (unpaired) electrons. The third-order valence-electron chi connectivity index (χ3n) is 3.06. The molecule has 0 unspecified atom stereocenters. The molecule has 1 aromatic rings. The number of hydrogen-bond donors (Lipinski definition) is 1. The molecule has 0 atom stereocenters. The molecule has 1 aromatic carbocycles. The molecule has 1 aliphatic rings. The van der Waals surface area contributed by atoms with E-state index in [1.54, 1.807) is 23.1 Å². The summed E-state index contributed by atoms with van der Waals surface area (Å²) in [7, 11) is 0. The van der Waals surface area contributed by atoms with Gasteiger partial charge in [0.15, 0.2) is 11.5 Å². The Labute approximate surface area is 124 Å². The van der Waals surface area contributed by atoms with Crippen LogP contribution in [-0.4, -0.2) is 31.2 Å². The maximum atomic E-state index is 11.8. The second-order valence-electron chi connectivity index (χ2n) is 5.18. The summed E-state index contributed by atoms with van der Waals surface area (Å²) < 4.78 is 10.6. The van der Waals surface area contributed by atoms with Crippen molar-refractivity contribution in [2.45, 2.75) is 33.2 Å². The van der Waals surface area contributed by atoms with E-state index in [1.165, 1.54) is 6.92 Å². The number of carbonyl (C=O) groups excluding carboxylic acids is 2. The van der Waals surface area contributed by atoms with E-state index in [2.05, 4.69) is 5.32 Å². The molecule has 0 spiro atoms. The van der Waals surface area contributed by atoms with Crippen molar-refractivity contribution in [3.8, 4) is 11.5 Å². The largest absolute Gasteiger partial charge is 0.454 e. The second kappa shape index (κ2) is 6.47. The lowest BCUT2D eigenvalue weighted by molar-refractivity contribution is -0.121. The lowest BCUT2D eigenvalue weighted by atomic mass is 10.2. The number of nitrogens with one attached hydrogen (secondary N) is 1. The van der Waals surface area contributed by atoms with E-state index in [4.69, 9.17) is 9.47 Å². The summed E-state index contributed by atoms with van der Waals surface area (Å²) in [5.74, 6) is 1.09. The van der Waals surface area contributed by atoms with Gasteiger partial charge in [-0.25, -0.2) is 0 Å². The van der Waals surface area contributed by atoms with Crippen molar-refractivity contribution in [3.63, 3.8) is 0 Å². The quantitative estimate of drug-likeness (QED) is 0.896. The van der Waals surface area contributed by atoms with Crippen LogP contribution >= 0.6 is 0 Å². The van der Waals surface area contributed by atoms with Gasteiger partial charge in [0.2, 0.25) is 18.6 Å². The van der Waals surface area contributed by atoms with Crippen LogP contribution in [0.4, 0.5) is 5.69 Å². The van der Waals surface area contributed by atoms with Gasteiger partial charge in [-0.05, 0) is 26.0 Å². The van der Waals surface area contributed by atoms with Crippen molar-refractivity contribution in [2.24, 2.45) is 0 Å². The van der Waals surface area contributed by atoms with Crippen LogP contribution in [0.1, 0.15) is 27.2 Å². The molecule has 0 saturated carbocycles. The molecule has 0 aromatic heterocycles. The first-order valence-corrected chi connectivity index (χ1v) is 6.94. The minimum absolute atomic E-state index is 0.0722. The average molecular weight is 292 g/mol. The molecule has 0 bridgehead atoms. The molecule has 2 amide bonds. The van der Waals surface area contributed by atoms with Crippen LogP contribution in [0.3, 0.4) is 0 Å². The van der Waals surface area contributed by atoms with E-state index in [0.29, 0.717) is 23.7 Å². The molecule has 6 heteroatoms. The summed E-state index contributed by atoms with van der Waals surface area (Å²) in [5.41, 5.74) is 0.698. The fourth-order valence-electron chi connectivity index (χ4n) is 2.13. The van der Waals surface area contributed by atoms with Gasteiger partial charge < -0.3 is 19.7 Å². The highest BCUT2D eigenvalue weighted by Gasteiger charge is 2.18. The first kappa shape index (κ1) is 15.2. The number of hydrogen-bond acceptors (Lipinski definition) is 4. The fourth-order valence-corrected chi connectivity index (χ4v) is 2.13. The Hall–Kier alpha value is -2.24. The summed E-state index contributed by atoms with van der Waals surface area (Å²) in [4.78, 5) is 25.1. The van der Waals surface area contributed by atoms with Gasteiger partial charge in [-0.1, -0.05) is 0 Å². The molecular weight excluding hydrogens is 272 g/mol. The lowest BCUT2D eigenvalue weighted by Crippen LogP contribution is -2.36. The van der Waals surface area contributed by atoms with Gasteiger partial charge in [0.05, 0.1) is 0 Å². The highest BCUT2D eigenvalue weighted by Crippen LogP contribution is 2.35. The van der Waals surface area contributed by atoms with Crippen molar-refractivity contribution in [3.05, 3.63) is 18.2 Å². The Morgan fingerprint density at radius 2 is 2.00 bits per heavy atom. The maximum Gasteiger partial charge on any atom is 0.231 e. The predicted octanol–water partition coefficient (Wildman–Crippen LogP) is 1.68. The molecular formula is C15H20N2O4. The number of nitrogens with zero attached hydrogens (tertiary/aromatic N) is 1. The molecule has 21 heavy (non-hydrogen) atoms. The molecule has 1 heterocycles. The van der Waals surface area contributed by atoms with Crippen LogP contribution in [0, 0.1) is 0 Å². The molecule has 0 aliphatic carbocycles. The van der Waals surface area contributed by atoms with Gasteiger partial charge in [-0.3, -0.25) is 9.59 Å². The van der Waals surface area contributed by atoms with Gasteiger partial charge in [0, 0.05) is 37.7 Å².